The van der Waals surface area contributed by atoms with E-state index in [0.29, 0.717) is 6.07 Å². The normalized spacial score (nSPS) is 11.4. The second kappa shape index (κ2) is 5.76. The van der Waals surface area contributed by atoms with Crippen LogP contribution in [0, 0.1) is 15.9 Å². The van der Waals surface area contributed by atoms with Crippen LogP contribution in [-0.2, 0) is 9.53 Å². The lowest BCUT2D eigenvalue weighted by molar-refractivity contribution is -0.386. The Bertz CT molecular complexity index is 488. The number of hydrogen-bond donors (Lipinski definition) is 0. The molecule has 0 aliphatic carbocycles. The molecule has 0 radical (unpaired) electrons. The van der Waals surface area contributed by atoms with Crippen LogP contribution in [0.3, 0.4) is 0 Å². The number of halogens is 1. The number of nitro groups is 1. The van der Waals surface area contributed by atoms with E-state index in [2.05, 4.69) is 11.3 Å². The molecule has 0 aliphatic rings. The van der Waals surface area contributed by atoms with E-state index >= 15 is 0 Å². The molecule has 96 valence electrons. The lowest BCUT2D eigenvalue weighted by Gasteiger charge is -2.12. The predicted molar refractivity (Wildman–Crippen MR) is 59.7 cm³/mol. The number of nitro benzene ring substituents is 1. The van der Waals surface area contributed by atoms with Gasteiger partial charge in [-0.15, -0.1) is 0 Å². The zero-order valence-electron chi connectivity index (χ0n) is 9.46. The fourth-order valence-corrected chi connectivity index (χ4v) is 1.18. The Labute approximate surface area is 102 Å². The zero-order valence-corrected chi connectivity index (χ0v) is 9.46. The van der Waals surface area contributed by atoms with Crippen molar-refractivity contribution in [2.45, 2.75) is 6.10 Å². The molecular weight excluding hydrogens is 245 g/mol. The molecule has 0 aliphatic heterocycles. The van der Waals surface area contributed by atoms with Gasteiger partial charge in [-0.1, -0.05) is 6.58 Å². The van der Waals surface area contributed by atoms with E-state index in [4.69, 9.17) is 4.74 Å². The Morgan fingerprint density at radius 1 is 1.61 bits per heavy atom. The monoisotopic (exact) mass is 255 g/mol. The minimum atomic E-state index is -1.20. The van der Waals surface area contributed by atoms with Crippen molar-refractivity contribution in [3.63, 3.8) is 0 Å². The first kappa shape index (κ1) is 13.6. The molecule has 1 aromatic carbocycles. The number of benzene rings is 1. The Balaban J connectivity index is 3.06. The molecule has 0 fully saturated rings. The number of carbonyl (C=O) groups excluding carboxylic acids is 1. The van der Waals surface area contributed by atoms with Crippen molar-refractivity contribution in [2.24, 2.45) is 0 Å². The highest BCUT2D eigenvalue weighted by atomic mass is 19.1. The van der Waals surface area contributed by atoms with E-state index in [1.165, 1.54) is 0 Å². The van der Waals surface area contributed by atoms with Crippen LogP contribution in [0.25, 0.3) is 0 Å². The quantitative estimate of drug-likeness (QED) is 0.347. The van der Waals surface area contributed by atoms with Gasteiger partial charge in [0.1, 0.15) is 5.82 Å². The smallest absolute Gasteiger partial charge is 0.351 e. The van der Waals surface area contributed by atoms with Crippen LogP contribution in [0.2, 0.25) is 0 Å². The van der Waals surface area contributed by atoms with E-state index in [1.807, 2.05) is 0 Å². The highest BCUT2D eigenvalue weighted by Crippen LogP contribution is 2.28. The molecule has 0 saturated carbocycles. The van der Waals surface area contributed by atoms with Crippen molar-refractivity contribution in [1.82, 2.24) is 0 Å². The molecular formula is C11H10FNO5. The number of carbonyl (C=O) groups is 1. The summed E-state index contributed by atoms with van der Waals surface area (Å²) in [6.45, 7) is 3.35. The highest BCUT2D eigenvalue weighted by molar-refractivity contribution is 5.77. The molecule has 1 rings (SSSR count). The van der Waals surface area contributed by atoms with Crippen LogP contribution in [-0.4, -0.2) is 24.1 Å². The topological polar surface area (TPSA) is 78.7 Å². The van der Waals surface area contributed by atoms with Crippen LogP contribution in [0.15, 0.2) is 30.9 Å². The van der Waals surface area contributed by atoms with E-state index in [9.17, 15) is 19.3 Å². The summed E-state index contributed by atoms with van der Waals surface area (Å²) in [7, 11) is 1.14. The van der Waals surface area contributed by atoms with E-state index in [1.54, 1.807) is 0 Å². The van der Waals surface area contributed by atoms with Gasteiger partial charge >= 0.3 is 11.7 Å². The molecule has 0 heterocycles. The van der Waals surface area contributed by atoms with Crippen molar-refractivity contribution < 1.29 is 23.6 Å². The van der Waals surface area contributed by atoms with Gasteiger partial charge < -0.3 is 9.47 Å². The van der Waals surface area contributed by atoms with Crippen LogP contribution in [0.4, 0.5) is 10.1 Å². The molecule has 0 aromatic heterocycles. The standard InChI is InChI=1S/C11H10FNO5/c1-3-9(11(14)17-2)18-10-5-4-7(12)6-8(10)13(15)16/h3-6,9H,1H2,2H3. The first-order chi connectivity index (χ1) is 8.49. The molecule has 0 N–H and O–H groups in total. The maximum Gasteiger partial charge on any atom is 0.351 e. The summed E-state index contributed by atoms with van der Waals surface area (Å²) in [4.78, 5) is 21.1. The molecule has 0 amide bonds. The summed E-state index contributed by atoms with van der Waals surface area (Å²) in [6.07, 6.45) is -0.0713. The molecule has 6 nitrogen and oxygen atoms in total. The molecule has 1 unspecified atom stereocenters. The molecule has 18 heavy (non-hydrogen) atoms. The van der Waals surface area contributed by atoms with E-state index < -0.39 is 28.5 Å². The van der Waals surface area contributed by atoms with Gasteiger partial charge in [0.2, 0.25) is 6.10 Å². The Morgan fingerprint density at radius 2 is 2.28 bits per heavy atom. The summed E-state index contributed by atoms with van der Waals surface area (Å²) >= 11 is 0. The van der Waals surface area contributed by atoms with Gasteiger partial charge in [-0.05, 0) is 18.2 Å². The fraction of sp³-hybridized carbons (Fsp3) is 0.182. The maximum atomic E-state index is 12.9. The SMILES string of the molecule is C=CC(Oc1ccc(F)cc1[N+](=O)[O-])C(=O)OC. The summed E-state index contributed by atoms with van der Waals surface area (Å²) < 4.78 is 22.4. The molecule has 7 heteroatoms. The number of nitrogens with zero attached hydrogens (tertiary/aromatic N) is 1. The predicted octanol–water partition coefficient (Wildman–Crippen LogP) is 1.84. The third-order valence-corrected chi connectivity index (χ3v) is 2.02. The van der Waals surface area contributed by atoms with Crippen LogP contribution in [0.5, 0.6) is 5.75 Å². The number of methoxy groups -OCH3 is 1. The van der Waals surface area contributed by atoms with Crippen molar-refractivity contribution in [3.8, 4) is 5.75 Å². The van der Waals surface area contributed by atoms with Gasteiger partial charge in [0, 0.05) is 0 Å². The van der Waals surface area contributed by atoms with Gasteiger partial charge in [0.25, 0.3) is 0 Å². The lowest BCUT2D eigenvalue weighted by atomic mass is 10.2. The van der Waals surface area contributed by atoms with Crippen LogP contribution in [0.1, 0.15) is 0 Å². The number of esters is 1. The van der Waals surface area contributed by atoms with Crippen LogP contribution < -0.4 is 4.74 Å². The third kappa shape index (κ3) is 3.03. The number of hydrogen-bond acceptors (Lipinski definition) is 5. The minimum absolute atomic E-state index is 0.239. The summed E-state index contributed by atoms with van der Waals surface area (Å²) in [5, 5.41) is 10.7. The second-order valence-electron chi connectivity index (χ2n) is 3.17. The Hall–Kier alpha value is -2.44. The van der Waals surface area contributed by atoms with Gasteiger partial charge in [-0.2, -0.15) is 0 Å². The first-order valence-electron chi connectivity index (χ1n) is 4.80. The van der Waals surface area contributed by atoms with Crippen molar-refractivity contribution in [2.75, 3.05) is 7.11 Å². The third-order valence-electron chi connectivity index (χ3n) is 2.02. The molecule has 0 bridgehead atoms. The number of ether oxygens (including phenoxy) is 2. The fourth-order valence-electron chi connectivity index (χ4n) is 1.18. The summed E-state index contributed by atoms with van der Waals surface area (Å²) in [6, 6.07) is 2.75. The van der Waals surface area contributed by atoms with E-state index in [-0.39, 0.29) is 5.75 Å². The van der Waals surface area contributed by atoms with Crippen molar-refractivity contribution >= 4 is 11.7 Å². The largest absolute Gasteiger partial charge is 0.467 e. The van der Waals surface area contributed by atoms with Gasteiger partial charge in [0.15, 0.2) is 5.75 Å². The molecule has 1 atom stereocenters. The van der Waals surface area contributed by atoms with E-state index in [0.717, 1.165) is 25.3 Å². The lowest BCUT2D eigenvalue weighted by Crippen LogP contribution is -2.26. The van der Waals surface area contributed by atoms with Gasteiger partial charge in [0.05, 0.1) is 18.1 Å². The Kier molecular flexibility index (Phi) is 4.36. The van der Waals surface area contributed by atoms with Crippen LogP contribution >= 0.6 is 0 Å². The average molecular weight is 255 g/mol. The van der Waals surface area contributed by atoms with Crippen molar-refractivity contribution in [3.05, 3.63) is 46.8 Å². The second-order valence-corrected chi connectivity index (χ2v) is 3.17. The first-order valence-corrected chi connectivity index (χ1v) is 4.80. The minimum Gasteiger partial charge on any atom is -0.467 e. The molecule has 1 aromatic rings. The molecule has 0 saturated heterocycles. The van der Waals surface area contributed by atoms with Gasteiger partial charge in [-0.25, -0.2) is 9.18 Å². The summed E-state index contributed by atoms with van der Waals surface area (Å²) in [5.41, 5.74) is -0.578. The van der Waals surface area contributed by atoms with Gasteiger partial charge in [-0.3, -0.25) is 10.1 Å². The van der Waals surface area contributed by atoms with Crippen molar-refractivity contribution in [1.29, 1.82) is 0 Å². The average Bonchev–Trinajstić information content (AvgIpc) is 2.36. The number of rotatable bonds is 5. The molecule has 0 spiro atoms. The maximum absolute atomic E-state index is 12.9. The Morgan fingerprint density at radius 3 is 2.78 bits per heavy atom. The summed E-state index contributed by atoms with van der Waals surface area (Å²) in [5.74, 6) is -1.78. The highest BCUT2D eigenvalue weighted by Gasteiger charge is 2.23. The zero-order chi connectivity index (χ0) is 13.7.